The lowest BCUT2D eigenvalue weighted by atomic mass is 10.3. The molecule has 0 radical (unpaired) electrons. The van der Waals surface area contributed by atoms with Crippen molar-refractivity contribution in [2.45, 2.75) is 12.8 Å². The van der Waals surface area contributed by atoms with Gasteiger partial charge in [-0.25, -0.2) is 4.39 Å². The summed E-state index contributed by atoms with van der Waals surface area (Å²) in [5, 5.41) is 3.04. The Labute approximate surface area is 82.0 Å². The largest absolute Gasteiger partial charge is 0.350 e. The van der Waals surface area contributed by atoms with Crippen LogP contribution in [0.2, 0.25) is 0 Å². The Morgan fingerprint density at radius 2 is 2.23 bits per heavy atom. The highest BCUT2D eigenvalue weighted by Crippen LogP contribution is 2.31. The Bertz CT molecular complexity index is 333. The standard InChI is InChI=1S/C10H10FNS/c11-8-2-1-3-9(6-8)12-10(13)7-4-5-7/h1-3,6-7H,4-5H2,(H,12,13). The summed E-state index contributed by atoms with van der Waals surface area (Å²) < 4.78 is 12.8. The zero-order valence-electron chi connectivity index (χ0n) is 7.09. The molecule has 1 fully saturated rings. The molecule has 0 bridgehead atoms. The van der Waals surface area contributed by atoms with Crippen molar-refractivity contribution >= 4 is 22.9 Å². The van der Waals surface area contributed by atoms with Crippen LogP contribution in [0.25, 0.3) is 0 Å². The molecule has 1 N–H and O–H groups in total. The zero-order chi connectivity index (χ0) is 9.26. The molecule has 3 heteroatoms. The van der Waals surface area contributed by atoms with Gasteiger partial charge in [0.1, 0.15) is 5.82 Å². The van der Waals surface area contributed by atoms with Crippen LogP contribution in [0, 0.1) is 11.7 Å². The average Bonchev–Trinajstić information content (AvgIpc) is 2.85. The summed E-state index contributed by atoms with van der Waals surface area (Å²) in [7, 11) is 0. The second kappa shape index (κ2) is 3.42. The van der Waals surface area contributed by atoms with Crippen LogP contribution in [0.4, 0.5) is 10.1 Å². The van der Waals surface area contributed by atoms with E-state index in [9.17, 15) is 4.39 Å². The molecule has 0 unspecified atom stereocenters. The van der Waals surface area contributed by atoms with E-state index in [1.54, 1.807) is 6.07 Å². The monoisotopic (exact) mass is 195 g/mol. The summed E-state index contributed by atoms with van der Waals surface area (Å²) >= 11 is 5.13. The summed E-state index contributed by atoms with van der Waals surface area (Å²) in [6.07, 6.45) is 2.34. The fraction of sp³-hybridized carbons (Fsp3) is 0.300. The highest BCUT2D eigenvalue weighted by Gasteiger charge is 2.26. The van der Waals surface area contributed by atoms with Gasteiger partial charge in [0.2, 0.25) is 0 Å². The first-order valence-corrected chi connectivity index (χ1v) is 4.73. The van der Waals surface area contributed by atoms with E-state index in [0.29, 0.717) is 5.92 Å². The molecule has 0 atom stereocenters. The Morgan fingerprint density at radius 3 is 2.85 bits per heavy atom. The van der Waals surface area contributed by atoms with Gasteiger partial charge in [-0.2, -0.15) is 0 Å². The van der Waals surface area contributed by atoms with E-state index in [4.69, 9.17) is 12.2 Å². The van der Waals surface area contributed by atoms with E-state index in [-0.39, 0.29) is 5.82 Å². The fourth-order valence-corrected chi connectivity index (χ4v) is 1.51. The summed E-state index contributed by atoms with van der Waals surface area (Å²) in [5.74, 6) is 0.293. The number of nitrogens with one attached hydrogen (secondary N) is 1. The van der Waals surface area contributed by atoms with Crippen molar-refractivity contribution in [1.29, 1.82) is 0 Å². The van der Waals surface area contributed by atoms with Crippen molar-refractivity contribution in [1.82, 2.24) is 0 Å². The number of anilines is 1. The smallest absolute Gasteiger partial charge is 0.125 e. The van der Waals surface area contributed by atoms with Crippen LogP contribution in [-0.4, -0.2) is 4.99 Å². The number of thiocarbonyl (C=S) groups is 1. The molecule has 0 saturated heterocycles. The highest BCUT2D eigenvalue weighted by molar-refractivity contribution is 7.80. The lowest BCUT2D eigenvalue weighted by Crippen LogP contribution is -2.10. The fourth-order valence-electron chi connectivity index (χ4n) is 1.16. The number of halogens is 1. The number of hydrogen-bond donors (Lipinski definition) is 1. The van der Waals surface area contributed by atoms with Gasteiger partial charge in [0.05, 0.1) is 4.99 Å². The Morgan fingerprint density at radius 1 is 1.46 bits per heavy atom. The van der Waals surface area contributed by atoms with Crippen LogP contribution in [0.3, 0.4) is 0 Å². The summed E-state index contributed by atoms with van der Waals surface area (Å²) in [6.45, 7) is 0. The van der Waals surface area contributed by atoms with E-state index < -0.39 is 0 Å². The molecule has 0 heterocycles. The average molecular weight is 195 g/mol. The van der Waals surface area contributed by atoms with Crippen molar-refractivity contribution in [3.8, 4) is 0 Å². The van der Waals surface area contributed by atoms with Crippen LogP contribution in [0.5, 0.6) is 0 Å². The van der Waals surface area contributed by atoms with Crippen molar-refractivity contribution in [2.24, 2.45) is 5.92 Å². The van der Waals surface area contributed by atoms with Gasteiger partial charge in [0.15, 0.2) is 0 Å². The molecule has 2 rings (SSSR count). The quantitative estimate of drug-likeness (QED) is 0.728. The van der Waals surface area contributed by atoms with Gasteiger partial charge in [-0.1, -0.05) is 18.3 Å². The van der Waals surface area contributed by atoms with Crippen molar-refractivity contribution in [3.63, 3.8) is 0 Å². The third-order valence-corrected chi connectivity index (χ3v) is 2.48. The van der Waals surface area contributed by atoms with Gasteiger partial charge in [-0.05, 0) is 31.0 Å². The molecule has 13 heavy (non-hydrogen) atoms. The normalized spacial score (nSPS) is 15.5. The third-order valence-electron chi connectivity index (χ3n) is 2.04. The minimum atomic E-state index is -0.233. The number of benzene rings is 1. The zero-order valence-corrected chi connectivity index (χ0v) is 7.90. The SMILES string of the molecule is Fc1cccc(NC(=S)C2CC2)c1. The minimum Gasteiger partial charge on any atom is -0.350 e. The van der Waals surface area contributed by atoms with Crippen LogP contribution >= 0.6 is 12.2 Å². The summed E-state index contributed by atoms with van der Waals surface area (Å²) in [6, 6.07) is 6.37. The van der Waals surface area contributed by atoms with Crippen LogP contribution < -0.4 is 5.32 Å². The molecule has 1 aromatic carbocycles. The summed E-state index contributed by atoms with van der Waals surface area (Å²) in [4.78, 5) is 0.839. The molecule has 1 aromatic rings. The molecular weight excluding hydrogens is 185 g/mol. The first kappa shape index (κ1) is 8.63. The van der Waals surface area contributed by atoms with Gasteiger partial charge in [-0.3, -0.25) is 0 Å². The topological polar surface area (TPSA) is 12.0 Å². The first-order chi connectivity index (χ1) is 6.25. The van der Waals surface area contributed by atoms with Crippen LogP contribution in [0.1, 0.15) is 12.8 Å². The Balaban J connectivity index is 2.04. The van der Waals surface area contributed by atoms with E-state index in [0.717, 1.165) is 10.7 Å². The molecular formula is C10H10FNS. The molecule has 0 spiro atoms. The van der Waals surface area contributed by atoms with Crippen molar-refractivity contribution in [3.05, 3.63) is 30.1 Å². The maximum atomic E-state index is 12.8. The van der Waals surface area contributed by atoms with Gasteiger partial charge in [0.25, 0.3) is 0 Å². The molecule has 1 aliphatic rings. The van der Waals surface area contributed by atoms with Gasteiger partial charge in [-0.15, -0.1) is 0 Å². The molecule has 1 saturated carbocycles. The van der Waals surface area contributed by atoms with Gasteiger partial charge in [0, 0.05) is 11.6 Å². The van der Waals surface area contributed by atoms with E-state index in [1.165, 1.54) is 25.0 Å². The Kier molecular flexibility index (Phi) is 2.27. The maximum Gasteiger partial charge on any atom is 0.125 e. The molecule has 1 nitrogen and oxygen atoms in total. The molecule has 0 aromatic heterocycles. The van der Waals surface area contributed by atoms with Crippen LogP contribution in [0.15, 0.2) is 24.3 Å². The lowest BCUT2D eigenvalue weighted by Gasteiger charge is -2.05. The number of rotatable bonds is 2. The first-order valence-electron chi connectivity index (χ1n) is 4.32. The van der Waals surface area contributed by atoms with Crippen LogP contribution in [-0.2, 0) is 0 Å². The molecule has 0 amide bonds. The number of hydrogen-bond acceptors (Lipinski definition) is 1. The second-order valence-corrected chi connectivity index (χ2v) is 3.71. The van der Waals surface area contributed by atoms with E-state index in [2.05, 4.69) is 5.32 Å². The third kappa shape index (κ3) is 2.25. The van der Waals surface area contributed by atoms with Crippen molar-refractivity contribution < 1.29 is 4.39 Å². The Hall–Kier alpha value is -0.960. The highest BCUT2D eigenvalue weighted by atomic mass is 32.1. The van der Waals surface area contributed by atoms with Gasteiger partial charge >= 0.3 is 0 Å². The molecule has 1 aliphatic carbocycles. The second-order valence-electron chi connectivity index (χ2n) is 3.27. The van der Waals surface area contributed by atoms with E-state index in [1.807, 2.05) is 6.07 Å². The predicted octanol–water partition coefficient (Wildman–Crippen LogP) is 2.98. The van der Waals surface area contributed by atoms with Gasteiger partial charge < -0.3 is 5.32 Å². The maximum absolute atomic E-state index is 12.8. The van der Waals surface area contributed by atoms with E-state index >= 15 is 0 Å². The lowest BCUT2D eigenvalue weighted by molar-refractivity contribution is 0.628. The summed E-state index contributed by atoms with van der Waals surface area (Å²) in [5.41, 5.74) is 0.747. The molecule has 0 aliphatic heterocycles. The molecule has 68 valence electrons. The predicted molar refractivity (Wildman–Crippen MR) is 55.3 cm³/mol. The van der Waals surface area contributed by atoms with Crippen molar-refractivity contribution in [2.75, 3.05) is 5.32 Å². The minimum absolute atomic E-state index is 0.233.